The average molecular weight is 428 g/mol. The van der Waals surface area contributed by atoms with Gasteiger partial charge in [0, 0.05) is 21.8 Å². The minimum Gasteiger partial charge on any atom is -0.332 e. The van der Waals surface area contributed by atoms with Crippen molar-refractivity contribution in [2.45, 2.75) is 27.2 Å². The number of benzene rings is 3. The van der Waals surface area contributed by atoms with Crippen LogP contribution in [0.1, 0.15) is 21.6 Å². The van der Waals surface area contributed by atoms with Gasteiger partial charge in [0.2, 0.25) is 5.91 Å². The van der Waals surface area contributed by atoms with E-state index in [-0.39, 0.29) is 12.3 Å². The second kappa shape index (κ2) is 9.14. The molecular weight excluding hydrogens is 402 g/mol. The molecule has 3 aromatic carbocycles. The standard InChI is InChI=1S/C26H25N3OS/c1-17-14-18(2)24(19(3)15-17)28-23(30)16-22-25(20-10-6-4-7-11-20)29-26(31-22)27-21-12-8-5-9-13-21/h4-15H,16H2,1-3H3,(H,27,29)(H,28,30). The van der Waals surface area contributed by atoms with Crippen LogP contribution in [0.5, 0.6) is 0 Å². The summed E-state index contributed by atoms with van der Waals surface area (Å²) in [5.74, 6) is -0.0397. The van der Waals surface area contributed by atoms with Crippen molar-refractivity contribution in [2.24, 2.45) is 0 Å². The third kappa shape index (κ3) is 5.01. The lowest BCUT2D eigenvalue weighted by atomic mass is 10.0. The van der Waals surface area contributed by atoms with Crippen molar-refractivity contribution < 1.29 is 4.79 Å². The van der Waals surface area contributed by atoms with Gasteiger partial charge >= 0.3 is 0 Å². The summed E-state index contributed by atoms with van der Waals surface area (Å²) in [5.41, 5.74) is 7.05. The number of aryl methyl sites for hydroxylation is 3. The van der Waals surface area contributed by atoms with Gasteiger partial charge in [-0.1, -0.05) is 66.2 Å². The Balaban J connectivity index is 1.61. The molecule has 0 aliphatic carbocycles. The van der Waals surface area contributed by atoms with Gasteiger partial charge in [-0.25, -0.2) is 4.98 Å². The average Bonchev–Trinajstić information content (AvgIpc) is 3.14. The number of carbonyl (C=O) groups is 1. The molecule has 0 aliphatic rings. The number of anilines is 3. The van der Waals surface area contributed by atoms with Crippen molar-refractivity contribution in [2.75, 3.05) is 10.6 Å². The van der Waals surface area contributed by atoms with Gasteiger partial charge in [0.05, 0.1) is 12.1 Å². The van der Waals surface area contributed by atoms with E-state index in [2.05, 4.69) is 29.7 Å². The Kier molecular flexibility index (Phi) is 6.14. The number of thiazole rings is 1. The smallest absolute Gasteiger partial charge is 0.229 e. The minimum absolute atomic E-state index is 0.0397. The molecule has 1 heterocycles. The number of aromatic nitrogens is 1. The van der Waals surface area contributed by atoms with Gasteiger partial charge < -0.3 is 10.6 Å². The third-order valence-corrected chi connectivity index (χ3v) is 6.00. The van der Waals surface area contributed by atoms with Gasteiger partial charge in [-0.05, 0) is 44.0 Å². The molecule has 1 aromatic heterocycles. The van der Waals surface area contributed by atoms with E-state index in [1.807, 2.05) is 74.5 Å². The van der Waals surface area contributed by atoms with Crippen LogP contribution in [-0.4, -0.2) is 10.9 Å². The van der Waals surface area contributed by atoms with Crippen LogP contribution in [0.2, 0.25) is 0 Å². The summed E-state index contributed by atoms with van der Waals surface area (Å²) >= 11 is 1.52. The Labute approximate surface area is 187 Å². The maximum atomic E-state index is 13.0. The highest BCUT2D eigenvalue weighted by Crippen LogP contribution is 2.33. The number of nitrogens with one attached hydrogen (secondary N) is 2. The molecule has 5 heteroatoms. The number of carbonyl (C=O) groups excluding carboxylic acids is 1. The van der Waals surface area contributed by atoms with Crippen molar-refractivity contribution >= 4 is 33.8 Å². The van der Waals surface area contributed by atoms with Crippen molar-refractivity contribution in [3.8, 4) is 11.3 Å². The summed E-state index contributed by atoms with van der Waals surface area (Å²) in [6.45, 7) is 6.12. The molecule has 4 aromatic rings. The van der Waals surface area contributed by atoms with Gasteiger partial charge in [-0.3, -0.25) is 4.79 Å². The number of hydrogen-bond acceptors (Lipinski definition) is 4. The molecule has 0 saturated carbocycles. The Morgan fingerprint density at radius 3 is 2.16 bits per heavy atom. The molecule has 0 aliphatic heterocycles. The number of rotatable bonds is 6. The highest BCUT2D eigenvalue weighted by atomic mass is 32.1. The number of nitrogens with zero attached hydrogens (tertiary/aromatic N) is 1. The van der Waals surface area contributed by atoms with Crippen LogP contribution >= 0.6 is 11.3 Å². The van der Waals surface area contributed by atoms with Gasteiger partial charge in [0.1, 0.15) is 0 Å². The lowest BCUT2D eigenvalue weighted by Gasteiger charge is -2.12. The van der Waals surface area contributed by atoms with Gasteiger partial charge in [0.15, 0.2) is 5.13 Å². The second-order valence-corrected chi connectivity index (χ2v) is 8.73. The number of para-hydroxylation sites is 1. The first-order valence-electron chi connectivity index (χ1n) is 10.2. The normalized spacial score (nSPS) is 10.7. The number of amides is 1. The van der Waals surface area contributed by atoms with E-state index >= 15 is 0 Å². The topological polar surface area (TPSA) is 54.0 Å². The molecule has 4 rings (SSSR count). The van der Waals surface area contributed by atoms with E-state index in [0.29, 0.717) is 0 Å². The zero-order valence-corrected chi connectivity index (χ0v) is 18.7. The Morgan fingerprint density at radius 2 is 1.52 bits per heavy atom. The lowest BCUT2D eigenvalue weighted by Crippen LogP contribution is -2.16. The molecule has 4 nitrogen and oxygen atoms in total. The van der Waals surface area contributed by atoms with E-state index in [4.69, 9.17) is 4.98 Å². The van der Waals surface area contributed by atoms with Gasteiger partial charge in [-0.2, -0.15) is 0 Å². The van der Waals surface area contributed by atoms with Gasteiger partial charge in [-0.15, -0.1) is 11.3 Å². The first-order valence-corrected chi connectivity index (χ1v) is 11.1. The zero-order chi connectivity index (χ0) is 21.8. The van der Waals surface area contributed by atoms with Crippen LogP contribution in [-0.2, 0) is 11.2 Å². The van der Waals surface area contributed by atoms with E-state index in [1.54, 1.807) is 0 Å². The fourth-order valence-electron chi connectivity index (χ4n) is 3.70. The molecule has 0 atom stereocenters. The summed E-state index contributed by atoms with van der Waals surface area (Å²) < 4.78 is 0. The van der Waals surface area contributed by atoms with E-state index in [1.165, 1.54) is 16.9 Å². The maximum Gasteiger partial charge on any atom is 0.229 e. The molecule has 31 heavy (non-hydrogen) atoms. The van der Waals surface area contributed by atoms with Crippen LogP contribution in [0.15, 0.2) is 72.8 Å². The minimum atomic E-state index is -0.0397. The summed E-state index contributed by atoms with van der Waals surface area (Å²) in [7, 11) is 0. The molecule has 0 fully saturated rings. The summed E-state index contributed by atoms with van der Waals surface area (Å²) in [6.07, 6.45) is 0.269. The second-order valence-electron chi connectivity index (χ2n) is 7.65. The molecule has 0 radical (unpaired) electrons. The fourth-order valence-corrected chi connectivity index (χ4v) is 4.70. The number of hydrogen-bond donors (Lipinski definition) is 2. The Morgan fingerprint density at radius 1 is 0.903 bits per heavy atom. The predicted molar refractivity (Wildman–Crippen MR) is 130 cm³/mol. The monoisotopic (exact) mass is 427 g/mol. The van der Waals surface area contributed by atoms with Crippen LogP contribution in [0, 0.1) is 20.8 Å². The van der Waals surface area contributed by atoms with Crippen LogP contribution in [0.4, 0.5) is 16.5 Å². The molecule has 0 spiro atoms. The van der Waals surface area contributed by atoms with E-state index < -0.39 is 0 Å². The summed E-state index contributed by atoms with van der Waals surface area (Å²) in [6, 6.07) is 24.1. The largest absolute Gasteiger partial charge is 0.332 e. The first-order chi connectivity index (χ1) is 15.0. The Hall–Kier alpha value is -3.44. The quantitative estimate of drug-likeness (QED) is 0.362. The molecule has 1 amide bonds. The molecular formula is C26H25N3OS. The van der Waals surface area contributed by atoms with E-state index in [9.17, 15) is 4.79 Å². The molecule has 0 unspecified atom stereocenters. The molecule has 0 saturated heterocycles. The zero-order valence-electron chi connectivity index (χ0n) is 17.9. The molecule has 2 N–H and O–H groups in total. The lowest BCUT2D eigenvalue weighted by molar-refractivity contribution is -0.115. The van der Waals surface area contributed by atoms with Crippen LogP contribution < -0.4 is 10.6 Å². The van der Waals surface area contributed by atoms with Crippen molar-refractivity contribution in [3.63, 3.8) is 0 Å². The SMILES string of the molecule is Cc1cc(C)c(NC(=O)Cc2sc(Nc3ccccc3)nc2-c2ccccc2)c(C)c1. The molecule has 156 valence electrons. The fraction of sp³-hybridized carbons (Fsp3) is 0.154. The molecule has 0 bridgehead atoms. The predicted octanol–water partition coefficient (Wildman–Crippen LogP) is 6.66. The van der Waals surface area contributed by atoms with Crippen molar-refractivity contribution in [1.82, 2.24) is 4.98 Å². The maximum absolute atomic E-state index is 13.0. The Bertz CT molecular complexity index is 1180. The van der Waals surface area contributed by atoms with Crippen molar-refractivity contribution in [3.05, 3.63) is 94.4 Å². The van der Waals surface area contributed by atoms with Crippen LogP contribution in [0.25, 0.3) is 11.3 Å². The summed E-state index contributed by atoms with van der Waals surface area (Å²) in [5, 5.41) is 7.24. The highest BCUT2D eigenvalue weighted by Gasteiger charge is 2.17. The third-order valence-electron chi connectivity index (χ3n) is 5.03. The van der Waals surface area contributed by atoms with Crippen LogP contribution in [0.3, 0.4) is 0 Å². The first kappa shape index (κ1) is 20.8. The van der Waals surface area contributed by atoms with E-state index in [0.717, 1.165) is 43.8 Å². The van der Waals surface area contributed by atoms with Crippen molar-refractivity contribution in [1.29, 1.82) is 0 Å². The summed E-state index contributed by atoms with van der Waals surface area (Å²) in [4.78, 5) is 18.7. The van der Waals surface area contributed by atoms with Gasteiger partial charge in [0.25, 0.3) is 0 Å². The highest BCUT2D eigenvalue weighted by molar-refractivity contribution is 7.16.